The third-order valence-corrected chi connectivity index (χ3v) is 4.53. The molecule has 110 valence electrons. The van der Waals surface area contributed by atoms with Crippen LogP contribution in [0.4, 0.5) is 0 Å². The van der Waals surface area contributed by atoms with Crippen LogP contribution < -0.4 is 0 Å². The number of carbonyl (C=O) groups excluding carboxylic acids is 1. The molecule has 1 amide bonds. The molecule has 0 atom stereocenters. The molecule has 1 fully saturated rings. The van der Waals surface area contributed by atoms with Crippen molar-refractivity contribution in [1.82, 2.24) is 9.80 Å². The Balaban J connectivity index is 2.05. The Hall–Kier alpha value is -0.870. The van der Waals surface area contributed by atoms with E-state index in [-0.39, 0.29) is 11.4 Å². The van der Waals surface area contributed by atoms with Crippen molar-refractivity contribution in [2.24, 2.45) is 0 Å². The predicted octanol–water partition coefficient (Wildman–Crippen LogP) is 3.31. The molecule has 0 unspecified atom stereocenters. The van der Waals surface area contributed by atoms with Crippen LogP contribution in [0, 0.1) is 6.92 Å². The van der Waals surface area contributed by atoms with E-state index in [0.29, 0.717) is 0 Å². The van der Waals surface area contributed by atoms with Gasteiger partial charge < -0.3 is 4.90 Å². The largest absolute Gasteiger partial charge is 0.336 e. The van der Waals surface area contributed by atoms with Crippen LogP contribution >= 0.6 is 15.9 Å². The van der Waals surface area contributed by atoms with E-state index in [0.717, 1.165) is 41.8 Å². The number of rotatable bonds is 1. The minimum Gasteiger partial charge on any atom is -0.336 e. The summed E-state index contributed by atoms with van der Waals surface area (Å²) in [5.74, 6) is 0.130. The Bertz CT molecular complexity index is 500. The van der Waals surface area contributed by atoms with Gasteiger partial charge in [-0.2, -0.15) is 0 Å². The highest BCUT2D eigenvalue weighted by Gasteiger charge is 2.28. The Kier molecular flexibility index (Phi) is 4.55. The number of carbonyl (C=O) groups is 1. The zero-order valence-corrected chi connectivity index (χ0v) is 14.3. The molecule has 0 saturated carbocycles. The summed E-state index contributed by atoms with van der Waals surface area (Å²) in [5.41, 5.74) is 2.10. The summed E-state index contributed by atoms with van der Waals surface area (Å²) in [6, 6.07) is 5.90. The first-order valence-corrected chi connectivity index (χ1v) is 7.89. The Morgan fingerprint density at radius 3 is 2.25 bits per heavy atom. The molecule has 0 aromatic heterocycles. The number of halogens is 1. The van der Waals surface area contributed by atoms with Crippen molar-refractivity contribution in [1.29, 1.82) is 0 Å². The van der Waals surface area contributed by atoms with E-state index >= 15 is 0 Å². The quantitative estimate of drug-likeness (QED) is 0.784. The highest BCUT2D eigenvalue weighted by Crippen LogP contribution is 2.22. The van der Waals surface area contributed by atoms with E-state index in [1.807, 2.05) is 30.0 Å². The van der Waals surface area contributed by atoms with Gasteiger partial charge in [0.25, 0.3) is 5.91 Å². The second-order valence-corrected chi connectivity index (χ2v) is 7.29. The molecule has 4 heteroatoms. The van der Waals surface area contributed by atoms with Crippen LogP contribution in [0.3, 0.4) is 0 Å². The van der Waals surface area contributed by atoms with Crippen molar-refractivity contribution in [3.63, 3.8) is 0 Å². The number of aryl methyl sites for hydroxylation is 1. The smallest absolute Gasteiger partial charge is 0.255 e. The number of nitrogens with zero attached hydrogens (tertiary/aromatic N) is 2. The third kappa shape index (κ3) is 3.41. The van der Waals surface area contributed by atoms with Gasteiger partial charge in [-0.1, -0.05) is 6.07 Å². The van der Waals surface area contributed by atoms with Gasteiger partial charge in [0.15, 0.2) is 0 Å². The lowest BCUT2D eigenvalue weighted by Gasteiger charge is -2.42. The SMILES string of the molecule is Cc1ccc(C(=O)N2CCN(C(C)(C)C)CC2)c(Br)c1. The number of hydrogen-bond donors (Lipinski definition) is 0. The van der Waals surface area contributed by atoms with Crippen molar-refractivity contribution in [3.8, 4) is 0 Å². The van der Waals surface area contributed by atoms with Gasteiger partial charge in [0.1, 0.15) is 0 Å². The summed E-state index contributed by atoms with van der Waals surface area (Å²) in [6.45, 7) is 12.2. The van der Waals surface area contributed by atoms with Crippen LogP contribution in [0.5, 0.6) is 0 Å². The number of benzene rings is 1. The van der Waals surface area contributed by atoms with E-state index in [4.69, 9.17) is 0 Å². The minimum absolute atomic E-state index is 0.130. The molecule has 20 heavy (non-hydrogen) atoms. The monoisotopic (exact) mass is 338 g/mol. The molecule has 2 rings (SSSR count). The lowest BCUT2D eigenvalue weighted by Crippen LogP contribution is -2.54. The van der Waals surface area contributed by atoms with Gasteiger partial charge in [0.2, 0.25) is 0 Å². The first-order valence-electron chi connectivity index (χ1n) is 7.09. The minimum atomic E-state index is 0.130. The molecule has 0 spiro atoms. The first kappa shape index (κ1) is 15.5. The average Bonchev–Trinajstić information content (AvgIpc) is 2.37. The second-order valence-electron chi connectivity index (χ2n) is 6.43. The molecule has 1 aliphatic heterocycles. The second kappa shape index (κ2) is 5.86. The van der Waals surface area contributed by atoms with E-state index in [1.165, 1.54) is 0 Å². The summed E-state index contributed by atoms with van der Waals surface area (Å²) in [4.78, 5) is 17.0. The van der Waals surface area contributed by atoms with Gasteiger partial charge in [0.05, 0.1) is 5.56 Å². The molecule has 3 nitrogen and oxygen atoms in total. The van der Waals surface area contributed by atoms with Crippen LogP contribution in [-0.2, 0) is 0 Å². The van der Waals surface area contributed by atoms with Crippen molar-refractivity contribution >= 4 is 21.8 Å². The average molecular weight is 339 g/mol. The van der Waals surface area contributed by atoms with Gasteiger partial charge in [-0.15, -0.1) is 0 Å². The van der Waals surface area contributed by atoms with Crippen LogP contribution in [0.1, 0.15) is 36.7 Å². The Morgan fingerprint density at radius 2 is 1.75 bits per heavy atom. The summed E-state index contributed by atoms with van der Waals surface area (Å²) < 4.78 is 0.890. The van der Waals surface area contributed by atoms with Crippen LogP contribution in [0.25, 0.3) is 0 Å². The fourth-order valence-corrected chi connectivity index (χ4v) is 3.21. The highest BCUT2D eigenvalue weighted by atomic mass is 79.9. The zero-order chi connectivity index (χ0) is 14.9. The van der Waals surface area contributed by atoms with E-state index in [9.17, 15) is 4.79 Å². The molecule has 1 heterocycles. The van der Waals surface area contributed by atoms with E-state index in [1.54, 1.807) is 0 Å². The normalized spacial score (nSPS) is 17.4. The first-order chi connectivity index (χ1) is 9.29. The van der Waals surface area contributed by atoms with Crippen molar-refractivity contribution in [2.75, 3.05) is 26.2 Å². The van der Waals surface area contributed by atoms with Gasteiger partial charge in [0, 0.05) is 36.2 Å². The third-order valence-electron chi connectivity index (χ3n) is 3.87. The summed E-state index contributed by atoms with van der Waals surface area (Å²) >= 11 is 3.50. The summed E-state index contributed by atoms with van der Waals surface area (Å²) in [5, 5.41) is 0. The van der Waals surface area contributed by atoms with Gasteiger partial charge >= 0.3 is 0 Å². The summed E-state index contributed by atoms with van der Waals surface area (Å²) in [7, 11) is 0. The number of piperazine rings is 1. The van der Waals surface area contributed by atoms with Crippen LogP contribution in [0.15, 0.2) is 22.7 Å². The maximum absolute atomic E-state index is 12.6. The van der Waals surface area contributed by atoms with Gasteiger partial charge in [-0.25, -0.2) is 0 Å². The molecule has 1 aliphatic rings. The fourth-order valence-electron chi connectivity index (χ4n) is 2.54. The van der Waals surface area contributed by atoms with E-state index < -0.39 is 0 Å². The highest BCUT2D eigenvalue weighted by molar-refractivity contribution is 9.10. The number of hydrogen-bond acceptors (Lipinski definition) is 2. The molecule has 0 radical (unpaired) electrons. The molecule has 0 bridgehead atoms. The maximum atomic E-state index is 12.6. The van der Waals surface area contributed by atoms with Crippen molar-refractivity contribution in [3.05, 3.63) is 33.8 Å². The fraction of sp³-hybridized carbons (Fsp3) is 0.562. The molecule has 1 saturated heterocycles. The van der Waals surface area contributed by atoms with Gasteiger partial charge in [-0.05, 0) is 61.3 Å². The lowest BCUT2D eigenvalue weighted by molar-refractivity contribution is 0.0450. The van der Waals surface area contributed by atoms with E-state index in [2.05, 4.69) is 41.6 Å². The molecule has 1 aromatic rings. The van der Waals surface area contributed by atoms with Crippen molar-refractivity contribution in [2.45, 2.75) is 33.2 Å². The lowest BCUT2D eigenvalue weighted by atomic mass is 10.0. The molecule has 0 aliphatic carbocycles. The molecule has 1 aromatic carbocycles. The topological polar surface area (TPSA) is 23.6 Å². The predicted molar refractivity (Wildman–Crippen MR) is 86.1 cm³/mol. The van der Waals surface area contributed by atoms with Crippen molar-refractivity contribution < 1.29 is 4.79 Å². The standard InChI is InChI=1S/C16H23BrN2O/c1-12-5-6-13(14(17)11-12)15(20)18-7-9-19(10-8-18)16(2,3)4/h5-6,11H,7-10H2,1-4H3. The van der Waals surface area contributed by atoms with Gasteiger partial charge in [-0.3, -0.25) is 9.69 Å². The van der Waals surface area contributed by atoms with Crippen LogP contribution in [-0.4, -0.2) is 47.4 Å². The van der Waals surface area contributed by atoms with Crippen LogP contribution in [0.2, 0.25) is 0 Å². The molecular weight excluding hydrogens is 316 g/mol. The number of amides is 1. The maximum Gasteiger partial charge on any atom is 0.255 e. The molecular formula is C16H23BrN2O. The Morgan fingerprint density at radius 1 is 1.15 bits per heavy atom. The zero-order valence-electron chi connectivity index (χ0n) is 12.7. The Labute approximate surface area is 130 Å². The molecule has 0 N–H and O–H groups in total. The summed E-state index contributed by atoms with van der Waals surface area (Å²) in [6.07, 6.45) is 0.